The molecule has 0 amide bonds. The summed E-state index contributed by atoms with van der Waals surface area (Å²) in [7, 11) is 4.75. The molecule has 1 aromatic rings. The zero-order chi connectivity index (χ0) is 23.3. The van der Waals surface area contributed by atoms with Gasteiger partial charge in [-0.25, -0.2) is 0 Å². The molecule has 1 aromatic heterocycles. The van der Waals surface area contributed by atoms with Crippen molar-refractivity contribution in [3.05, 3.63) is 0 Å². The quantitative estimate of drug-likeness (QED) is 0.0846. The maximum atomic E-state index is 4.41. The van der Waals surface area contributed by atoms with Crippen LogP contribution < -0.4 is 0 Å². The van der Waals surface area contributed by atoms with E-state index in [1.54, 1.807) is 11.3 Å². The van der Waals surface area contributed by atoms with Crippen molar-refractivity contribution in [1.29, 1.82) is 0 Å². The van der Waals surface area contributed by atoms with Crippen LogP contribution in [-0.4, -0.2) is 53.4 Å². The predicted molar refractivity (Wildman–Crippen MR) is 148 cm³/mol. The van der Waals surface area contributed by atoms with Crippen LogP contribution >= 0.6 is 34.9 Å². The Morgan fingerprint density at radius 3 is 1.53 bits per heavy atom. The Hall–Kier alpha value is 0.220. The van der Waals surface area contributed by atoms with Crippen molar-refractivity contribution < 1.29 is 4.48 Å². The van der Waals surface area contributed by atoms with E-state index in [1.165, 1.54) is 122 Å². The Balaban J connectivity index is 2.01. The minimum absolute atomic E-state index is 1.12. The molecule has 0 fully saturated rings. The van der Waals surface area contributed by atoms with Crippen LogP contribution in [0.4, 0.5) is 0 Å². The van der Waals surface area contributed by atoms with E-state index in [0.717, 1.165) is 18.9 Å². The van der Waals surface area contributed by atoms with Gasteiger partial charge in [0.2, 0.25) is 0 Å². The van der Waals surface area contributed by atoms with E-state index >= 15 is 0 Å². The molecular weight excluding hydrogens is 451 g/mol. The smallest absolute Gasteiger partial charge is 0.175 e. The summed E-state index contributed by atoms with van der Waals surface area (Å²) in [5, 5.41) is 8.82. The molecule has 0 bridgehead atoms. The fourth-order valence-electron chi connectivity index (χ4n) is 3.87. The molecule has 0 aliphatic carbocycles. The van der Waals surface area contributed by atoms with Gasteiger partial charge in [-0.15, -0.1) is 10.2 Å². The average molecular weight is 503 g/mol. The number of aromatic nitrogens is 2. The molecule has 0 radical (unpaired) electrons. The molecule has 0 saturated heterocycles. The van der Waals surface area contributed by atoms with Gasteiger partial charge in [0.25, 0.3) is 0 Å². The Bertz CT molecular complexity index is 534. The molecule has 0 atom stereocenters. The number of quaternary nitrogens is 1. The van der Waals surface area contributed by atoms with Gasteiger partial charge >= 0.3 is 0 Å². The summed E-state index contributed by atoms with van der Waals surface area (Å²) in [6.07, 6.45) is 22.3. The Morgan fingerprint density at radius 1 is 0.562 bits per heavy atom. The molecule has 0 saturated carbocycles. The molecule has 1 rings (SSSR count). The number of hydrogen-bond acceptors (Lipinski definition) is 5. The van der Waals surface area contributed by atoms with Crippen molar-refractivity contribution in [1.82, 2.24) is 10.2 Å². The van der Waals surface area contributed by atoms with Crippen LogP contribution in [0.2, 0.25) is 0 Å². The normalized spacial score (nSPS) is 12.0. The monoisotopic (exact) mass is 502 g/mol. The summed E-state index contributed by atoms with van der Waals surface area (Å²) >= 11 is 5.59. The minimum Gasteiger partial charge on any atom is -0.328 e. The lowest BCUT2D eigenvalue weighted by Crippen LogP contribution is -2.42. The highest BCUT2D eigenvalue weighted by atomic mass is 32.2. The van der Waals surface area contributed by atoms with Gasteiger partial charge in [0.15, 0.2) is 8.68 Å². The molecule has 0 N–H and O–H groups in total. The van der Waals surface area contributed by atoms with Crippen molar-refractivity contribution in [3.63, 3.8) is 0 Å². The van der Waals surface area contributed by atoms with Crippen LogP contribution in [0, 0.1) is 0 Å². The van der Waals surface area contributed by atoms with Gasteiger partial charge in [-0.2, -0.15) is 0 Å². The van der Waals surface area contributed by atoms with E-state index in [2.05, 4.69) is 38.1 Å². The first-order valence-corrected chi connectivity index (χ1v) is 16.3. The van der Waals surface area contributed by atoms with Gasteiger partial charge in [0.05, 0.1) is 27.2 Å². The fraction of sp³-hybridized carbons (Fsp3) is 0.923. The molecule has 0 aliphatic heterocycles. The lowest BCUT2D eigenvalue weighted by Gasteiger charge is -2.29. The van der Waals surface area contributed by atoms with Gasteiger partial charge in [0.1, 0.15) is 0 Å². The highest BCUT2D eigenvalue weighted by Gasteiger charge is 2.15. The second kappa shape index (κ2) is 20.6. The highest BCUT2D eigenvalue weighted by Crippen LogP contribution is 2.29. The van der Waals surface area contributed by atoms with E-state index in [4.69, 9.17) is 0 Å². The van der Waals surface area contributed by atoms with Gasteiger partial charge < -0.3 is 4.48 Å². The van der Waals surface area contributed by atoms with E-state index in [0.29, 0.717) is 0 Å². The molecule has 0 unspecified atom stereocenters. The van der Waals surface area contributed by atoms with Crippen molar-refractivity contribution in [2.45, 2.75) is 125 Å². The van der Waals surface area contributed by atoms with Gasteiger partial charge in [-0.3, -0.25) is 0 Å². The zero-order valence-electron chi connectivity index (χ0n) is 21.7. The molecule has 188 valence electrons. The van der Waals surface area contributed by atoms with Gasteiger partial charge in [0, 0.05) is 11.5 Å². The predicted octanol–water partition coefficient (Wildman–Crippen LogP) is 9.08. The SMILES string of the molecule is CCCCCCCCCCCCSc1nnc(SCC[N+](C)(C)CCCCCCCC)s1. The van der Waals surface area contributed by atoms with E-state index in [-0.39, 0.29) is 0 Å². The summed E-state index contributed by atoms with van der Waals surface area (Å²) in [6.45, 7) is 7.08. The molecule has 0 spiro atoms. The highest BCUT2D eigenvalue weighted by molar-refractivity contribution is 8.03. The first kappa shape index (κ1) is 30.3. The molecule has 0 aliphatic rings. The first-order valence-electron chi connectivity index (χ1n) is 13.5. The van der Waals surface area contributed by atoms with E-state index in [9.17, 15) is 0 Å². The van der Waals surface area contributed by atoms with Crippen LogP contribution in [0.25, 0.3) is 0 Å². The molecule has 1 heterocycles. The molecular formula is C26H52N3S3+. The summed E-state index contributed by atoms with van der Waals surface area (Å²) in [4.78, 5) is 0. The Morgan fingerprint density at radius 2 is 1.00 bits per heavy atom. The fourth-order valence-corrected chi connectivity index (χ4v) is 7.27. The van der Waals surface area contributed by atoms with Gasteiger partial charge in [-0.1, -0.05) is 132 Å². The summed E-state index contributed by atoms with van der Waals surface area (Å²) < 4.78 is 3.43. The van der Waals surface area contributed by atoms with Crippen LogP contribution in [0.3, 0.4) is 0 Å². The molecule has 32 heavy (non-hydrogen) atoms. The number of thioether (sulfide) groups is 2. The third-order valence-corrected chi connectivity index (χ3v) is 9.41. The summed E-state index contributed by atoms with van der Waals surface area (Å²) in [6, 6.07) is 0. The number of unbranched alkanes of at least 4 members (excludes halogenated alkanes) is 14. The second-order valence-electron chi connectivity index (χ2n) is 9.86. The zero-order valence-corrected chi connectivity index (χ0v) is 24.2. The van der Waals surface area contributed by atoms with Crippen molar-refractivity contribution in [3.8, 4) is 0 Å². The number of nitrogens with zero attached hydrogens (tertiary/aromatic N) is 3. The van der Waals surface area contributed by atoms with Crippen LogP contribution in [0.5, 0.6) is 0 Å². The largest absolute Gasteiger partial charge is 0.328 e. The van der Waals surface area contributed by atoms with E-state index in [1.807, 2.05) is 23.5 Å². The van der Waals surface area contributed by atoms with E-state index < -0.39 is 0 Å². The maximum absolute atomic E-state index is 4.41. The van der Waals surface area contributed by atoms with Crippen LogP contribution in [-0.2, 0) is 0 Å². The van der Waals surface area contributed by atoms with Crippen LogP contribution in [0.1, 0.15) is 117 Å². The lowest BCUT2D eigenvalue weighted by molar-refractivity contribution is -0.888. The minimum atomic E-state index is 1.12. The van der Waals surface area contributed by atoms with Crippen LogP contribution in [0.15, 0.2) is 8.68 Å². The Labute approximate surface area is 212 Å². The maximum Gasteiger partial charge on any atom is 0.175 e. The number of rotatable bonds is 23. The summed E-state index contributed by atoms with van der Waals surface area (Å²) in [5.41, 5.74) is 0. The third-order valence-electron chi connectivity index (χ3n) is 6.15. The average Bonchev–Trinajstić information content (AvgIpc) is 3.22. The topological polar surface area (TPSA) is 25.8 Å². The number of hydrogen-bond donors (Lipinski definition) is 0. The summed E-state index contributed by atoms with van der Waals surface area (Å²) in [5.74, 6) is 2.33. The molecule has 3 nitrogen and oxygen atoms in total. The van der Waals surface area contributed by atoms with Crippen molar-refractivity contribution in [2.75, 3.05) is 38.7 Å². The van der Waals surface area contributed by atoms with Crippen molar-refractivity contribution in [2.24, 2.45) is 0 Å². The molecule has 0 aromatic carbocycles. The van der Waals surface area contributed by atoms with Gasteiger partial charge in [-0.05, 0) is 19.3 Å². The second-order valence-corrected chi connectivity index (χ2v) is 13.5. The van der Waals surface area contributed by atoms with Crippen molar-refractivity contribution >= 4 is 34.9 Å². The Kier molecular flexibility index (Phi) is 19.5. The standard InChI is InChI=1S/C26H52N3S3/c1-5-7-9-11-13-14-15-16-18-20-23-30-25-27-28-26(32-25)31-24-22-29(3,4)21-19-17-12-10-8-6-2/h5-24H2,1-4H3/q+1. The first-order chi connectivity index (χ1) is 15.6. The lowest BCUT2D eigenvalue weighted by atomic mass is 10.1. The third kappa shape index (κ3) is 17.7. The molecule has 6 heteroatoms.